The summed E-state index contributed by atoms with van der Waals surface area (Å²) >= 11 is 0. The van der Waals surface area contributed by atoms with E-state index in [0.29, 0.717) is 6.04 Å². The van der Waals surface area contributed by atoms with Crippen molar-refractivity contribution in [2.75, 3.05) is 19.6 Å². The van der Waals surface area contributed by atoms with Gasteiger partial charge in [-0.05, 0) is 32.3 Å². The summed E-state index contributed by atoms with van der Waals surface area (Å²) in [7, 11) is 0. The maximum absolute atomic E-state index is 12.4. The van der Waals surface area contributed by atoms with Crippen LogP contribution in [-0.4, -0.2) is 36.5 Å². The molecule has 0 atom stereocenters. The van der Waals surface area contributed by atoms with Crippen molar-refractivity contribution in [2.45, 2.75) is 52.0 Å². The number of rotatable bonds is 3. The fourth-order valence-electron chi connectivity index (χ4n) is 2.84. The van der Waals surface area contributed by atoms with Gasteiger partial charge in [0.15, 0.2) is 0 Å². The zero-order valence-electron chi connectivity index (χ0n) is 11.1. The summed E-state index contributed by atoms with van der Waals surface area (Å²) in [4.78, 5) is 14.5. The summed E-state index contributed by atoms with van der Waals surface area (Å²) in [6, 6.07) is 0.491. The Hall–Kier alpha value is -0.830. The van der Waals surface area contributed by atoms with E-state index in [1.165, 1.54) is 37.7 Å². The van der Waals surface area contributed by atoms with Crippen molar-refractivity contribution >= 4 is 5.91 Å². The molecular weight excluding hydrogens is 212 g/mol. The predicted molar refractivity (Wildman–Crippen MR) is 69.8 cm³/mol. The Labute approximate surface area is 104 Å². The Balaban J connectivity index is 2.04. The van der Waals surface area contributed by atoms with Crippen LogP contribution in [0.3, 0.4) is 0 Å². The highest BCUT2D eigenvalue weighted by molar-refractivity contribution is 5.94. The van der Waals surface area contributed by atoms with E-state index in [0.717, 1.165) is 25.2 Å². The van der Waals surface area contributed by atoms with Crippen molar-refractivity contribution in [1.82, 2.24) is 10.2 Å². The Kier molecular flexibility index (Phi) is 4.21. The largest absolute Gasteiger partial charge is 0.336 e. The van der Waals surface area contributed by atoms with Crippen LogP contribution in [-0.2, 0) is 4.79 Å². The molecule has 0 radical (unpaired) electrons. The van der Waals surface area contributed by atoms with Crippen LogP contribution in [0.5, 0.6) is 0 Å². The molecule has 1 aliphatic carbocycles. The lowest BCUT2D eigenvalue weighted by atomic mass is 9.93. The van der Waals surface area contributed by atoms with Gasteiger partial charge in [-0.2, -0.15) is 0 Å². The van der Waals surface area contributed by atoms with E-state index in [2.05, 4.69) is 17.1 Å². The Morgan fingerprint density at radius 1 is 1.29 bits per heavy atom. The summed E-state index contributed by atoms with van der Waals surface area (Å²) in [5.41, 5.74) is 2.28. The van der Waals surface area contributed by atoms with Crippen molar-refractivity contribution < 1.29 is 4.79 Å². The van der Waals surface area contributed by atoms with Crippen LogP contribution in [0, 0.1) is 0 Å². The second kappa shape index (κ2) is 5.67. The minimum atomic E-state index is 0.274. The summed E-state index contributed by atoms with van der Waals surface area (Å²) in [6.45, 7) is 6.74. The molecule has 2 aliphatic rings. The number of hydrogen-bond acceptors (Lipinski definition) is 2. The predicted octanol–water partition coefficient (Wildman–Crippen LogP) is 2.09. The fraction of sp³-hybridized carbons (Fsp3) is 0.786. The fourth-order valence-corrected chi connectivity index (χ4v) is 2.84. The Bertz CT molecular complexity index is 310. The van der Waals surface area contributed by atoms with Crippen molar-refractivity contribution in [3.63, 3.8) is 0 Å². The number of amides is 1. The molecule has 2 rings (SSSR count). The number of hydrogen-bond donors (Lipinski definition) is 1. The van der Waals surface area contributed by atoms with E-state index in [1.807, 2.05) is 6.92 Å². The average molecular weight is 236 g/mol. The molecule has 0 aromatic rings. The molecule has 1 saturated carbocycles. The van der Waals surface area contributed by atoms with Gasteiger partial charge in [0.1, 0.15) is 0 Å². The first-order chi connectivity index (χ1) is 8.24. The molecule has 0 spiro atoms. The van der Waals surface area contributed by atoms with Gasteiger partial charge in [0.25, 0.3) is 0 Å². The number of nitrogens with zero attached hydrogens (tertiary/aromatic N) is 1. The third-order valence-electron chi connectivity index (χ3n) is 4.14. The van der Waals surface area contributed by atoms with Crippen LogP contribution in [0.1, 0.15) is 46.0 Å². The van der Waals surface area contributed by atoms with Crippen LogP contribution in [0.2, 0.25) is 0 Å². The highest BCUT2D eigenvalue weighted by Gasteiger charge is 2.26. The van der Waals surface area contributed by atoms with Gasteiger partial charge in [-0.25, -0.2) is 0 Å². The van der Waals surface area contributed by atoms with E-state index < -0.39 is 0 Å². The Morgan fingerprint density at radius 2 is 1.94 bits per heavy atom. The molecule has 0 aromatic carbocycles. The van der Waals surface area contributed by atoms with Crippen LogP contribution < -0.4 is 5.32 Å². The van der Waals surface area contributed by atoms with Gasteiger partial charge in [0, 0.05) is 31.2 Å². The molecule has 0 aromatic heterocycles. The molecule has 96 valence electrons. The van der Waals surface area contributed by atoms with Crippen LogP contribution in [0.15, 0.2) is 11.1 Å². The summed E-state index contributed by atoms with van der Waals surface area (Å²) in [6.07, 6.45) is 6.30. The van der Waals surface area contributed by atoms with Crippen molar-refractivity contribution in [3.05, 3.63) is 11.1 Å². The summed E-state index contributed by atoms with van der Waals surface area (Å²) < 4.78 is 0. The normalized spacial score (nSPS) is 20.9. The van der Waals surface area contributed by atoms with Gasteiger partial charge in [0.2, 0.25) is 5.91 Å². The van der Waals surface area contributed by atoms with Crippen molar-refractivity contribution in [1.29, 1.82) is 0 Å². The van der Waals surface area contributed by atoms with Crippen molar-refractivity contribution in [2.24, 2.45) is 0 Å². The lowest BCUT2D eigenvalue weighted by molar-refractivity contribution is -0.129. The quantitative estimate of drug-likeness (QED) is 0.761. The lowest BCUT2D eigenvalue weighted by Crippen LogP contribution is -2.44. The molecule has 1 saturated heterocycles. The average Bonchev–Trinajstić information content (AvgIpc) is 2.29. The lowest BCUT2D eigenvalue weighted by Gasteiger charge is -2.35. The maximum Gasteiger partial charge on any atom is 0.249 e. The third kappa shape index (κ3) is 2.71. The van der Waals surface area contributed by atoms with E-state index >= 15 is 0 Å². The number of carbonyl (C=O) groups excluding carboxylic acids is 1. The Morgan fingerprint density at radius 3 is 2.41 bits per heavy atom. The zero-order chi connectivity index (χ0) is 12.3. The van der Waals surface area contributed by atoms with Gasteiger partial charge >= 0.3 is 0 Å². The minimum Gasteiger partial charge on any atom is -0.336 e. The molecule has 17 heavy (non-hydrogen) atoms. The molecule has 1 N–H and O–H groups in total. The first-order valence-corrected chi connectivity index (χ1v) is 6.94. The smallest absolute Gasteiger partial charge is 0.249 e. The molecule has 0 bridgehead atoms. The molecule has 1 heterocycles. The van der Waals surface area contributed by atoms with Gasteiger partial charge in [-0.3, -0.25) is 4.79 Å². The van der Waals surface area contributed by atoms with Gasteiger partial charge in [-0.15, -0.1) is 0 Å². The summed E-state index contributed by atoms with van der Waals surface area (Å²) in [5.74, 6) is 0.274. The second-order valence-electron chi connectivity index (χ2n) is 5.22. The zero-order valence-corrected chi connectivity index (χ0v) is 11.1. The minimum absolute atomic E-state index is 0.274. The van der Waals surface area contributed by atoms with Gasteiger partial charge in [-0.1, -0.05) is 19.3 Å². The first kappa shape index (κ1) is 12.6. The molecule has 0 unspecified atom stereocenters. The van der Waals surface area contributed by atoms with E-state index in [4.69, 9.17) is 0 Å². The molecule has 1 aliphatic heterocycles. The van der Waals surface area contributed by atoms with E-state index in [-0.39, 0.29) is 5.91 Å². The highest BCUT2D eigenvalue weighted by Crippen LogP contribution is 2.24. The van der Waals surface area contributed by atoms with E-state index in [1.54, 1.807) is 0 Å². The first-order valence-electron chi connectivity index (χ1n) is 6.94. The molecule has 3 heteroatoms. The third-order valence-corrected chi connectivity index (χ3v) is 4.14. The number of likely N-dealkylation sites (N-methyl/N-ethyl adjacent to an activating group) is 1. The SMILES string of the molecule is CCN(C(=O)C(C)=C1CNC1)C1CCCCC1. The topological polar surface area (TPSA) is 32.3 Å². The second-order valence-corrected chi connectivity index (χ2v) is 5.22. The number of nitrogens with one attached hydrogen (secondary N) is 1. The maximum atomic E-state index is 12.4. The molecular formula is C14H24N2O. The van der Waals surface area contributed by atoms with Crippen LogP contribution in [0.4, 0.5) is 0 Å². The molecule has 3 nitrogen and oxygen atoms in total. The van der Waals surface area contributed by atoms with Gasteiger partial charge < -0.3 is 10.2 Å². The summed E-state index contributed by atoms with van der Waals surface area (Å²) in [5, 5.41) is 3.20. The standard InChI is InChI=1S/C14H24N2O/c1-3-16(13-7-5-4-6-8-13)14(17)11(2)12-9-15-10-12/h13,15H,3-10H2,1-2H3. The van der Waals surface area contributed by atoms with Crippen LogP contribution in [0.25, 0.3) is 0 Å². The number of carbonyl (C=O) groups is 1. The highest BCUT2D eigenvalue weighted by atomic mass is 16.2. The van der Waals surface area contributed by atoms with E-state index in [9.17, 15) is 4.79 Å². The molecule has 2 fully saturated rings. The van der Waals surface area contributed by atoms with Crippen molar-refractivity contribution in [3.8, 4) is 0 Å². The van der Waals surface area contributed by atoms with Crippen LogP contribution >= 0.6 is 0 Å². The monoisotopic (exact) mass is 236 g/mol. The van der Waals surface area contributed by atoms with Gasteiger partial charge in [0.05, 0.1) is 0 Å². The molecule has 1 amide bonds.